The molecule has 1 amide bonds. The lowest BCUT2D eigenvalue weighted by molar-refractivity contribution is -0.161. The van der Waals surface area contributed by atoms with Crippen molar-refractivity contribution in [1.29, 1.82) is 0 Å². The Kier molecular flexibility index (Phi) is 44.4. The Morgan fingerprint density at radius 1 is 0.511 bits per heavy atom. The summed E-state index contributed by atoms with van der Waals surface area (Å²) in [5, 5.41) is 2.66. The topological polar surface area (TPSA) is 235 Å². The van der Waals surface area contributed by atoms with Crippen LogP contribution in [0.3, 0.4) is 0 Å². The second-order valence-corrected chi connectivity index (χ2v) is 23.9. The number of esters is 5. The average Bonchev–Trinajstić information content (AvgIpc) is 2.73. The number of rotatable bonds is 52. The smallest absolute Gasteiger partial charge is 0.472 e. The van der Waals surface area contributed by atoms with E-state index in [1.807, 2.05) is 0 Å². The van der Waals surface area contributed by atoms with E-state index in [1.54, 1.807) is 6.08 Å². The summed E-state index contributed by atoms with van der Waals surface area (Å²) in [6.07, 6.45) is 38.5. The van der Waals surface area contributed by atoms with Gasteiger partial charge in [-0.3, -0.25) is 28.2 Å². The van der Waals surface area contributed by atoms with Crippen LogP contribution in [0.25, 0.3) is 5.57 Å². The highest BCUT2D eigenvalue weighted by atomic mass is 35.5. The molecular formula is C67H102Cl2NO17P. The molecule has 0 aliphatic rings. The Hall–Kier alpha value is -5.23. The van der Waals surface area contributed by atoms with Crippen LogP contribution < -0.4 is 14.8 Å². The first-order valence-electron chi connectivity index (χ1n) is 31.9. The molecule has 2 unspecified atom stereocenters. The van der Waals surface area contributed by atoms with Crippen LogP contribution in [0, 0.1) is 0 Å². The summed E-state index contributed by atoms with van der Waals surface area (Å²) in [7, 11) is 0.338. The molecule has 2 rings (SSSR count). The lowest BCUT2D eigenvalue weighted by Crippen LogP contribution is -2.30. The van der Waals surface area contributed by atoms with Crippen molar-refractivity contribution >= 4 is 72.4 Å². The van der Waals surface area contributed by atoms with E-state index in [9.17, 15) is 38.2 Å². The van der Waals surface area contributed by atoms with Crippen LogP contribution in [0.1, 0.15) is 245 Å². The number of unbranched alkanes of at least 4 members (excludes halogenated alkanes) is 22. The van der Waals surface area contributed by atoms with Gasteiger partial charge in [0.2, 0.25) is 5.91 Å². The van der Waals surface area contributed by atoms with Crippen LogP contribution in [-0.2, 0) is 56.5 Å². The van der Waals surface area contributed by atoms with Crippen LogP contribution in [0.4, 0.5) is 0 Å². The van der Waals surface area contributed by atoms with Crippen LogP contribution >= 0.6 is 31.0 Å². The van der Waals surface area contributed by atoms with E-state index < -0.39 is 62.9 Å². The number of hydrogen-bond donors (Lipinski definition) is 2. The first-order valence-corrected chi connectivity index (χ1v) is 34.1. The van der Waals surface area contributed by atoms with Gasteiger partial charge in [-0.1, -0.05) is 170 Å². The van der Waals surface area contributed by atoms with Gasteiger partial charge >= 0.3 is 37.7 Å². The van der Waals surface area contributed by atoms with Crippen molar-refractivity contribution in [2.24, 2.45) is 0 Å². The molecule has 0 fully saturated rings. The molecule has 18 nitrogen and oxygen atoms in total. The fourth-order valence-electron chi connectivity index (χ4n) is 9.46. The van der Waals surface area contributed by atoms with E-state index in [-0.39, 0.29) is 84.5 Å². The Morgan fingerprint density at radius 2 is 0.943 bits per heavy atom. The lowest BCUT2D eigenvalue weighted by Gasteiger charge is -2.20. The van der Waals surface area contributed by atoms with Crippen molar-refractivity contribution in [2.75, 3.05) is 61.4 Å². The monoisotopic (exact) mass is 1290 g/mol. The van der Waals surface area contributed by atoms with Crippen LogP contribution in [-0.4, -0.2) is 108 Å². The van der Waals surface area contributed by atoms with Gasteiger partial charge in [0.05, 0.1) is 64.7 Å². The molecule has 0 saturated heterocycles. The fraction of sp³-hybridized carbons (Fsp3) is 0.642. The van der Waals surface area contributed by atoms with E-state index in [2.05, 4.69) is 43.5 Å². The number of amides is 1. The molecule has 21 heteroatoms. The Labute approximate surface area is 534 Å². The quantitative estimate of drug-likeness (QED) is 0.0206. The Balaban J connectivity index is 1.90. The second-order valence-electron chi connectivity index (χ2n) is 21.6. The highest BCUT2D eigenvalue weighted by Crippen LogP contribution is 2.43. The van der Waals surface area contributed by atoms with Crippen LogP contribution in [0.2, 0.25) is 10.0 Å². The fourth-order valence-corrected chi connectivity index (χ4v) is 10.8. The summed E-state index contributed by atoms with van der Waals surface area (Å²) < 4.78 is 60.3. The number of phosphoric ester groups is 1. The largest absolute Gasteiger partial charge is 0.494 e. The van der Waals surface area contributed by atoms with Crippen molar-refractivity contribution in [1.82, 2.24) is 5.32 Å². The molecule has 0 saturated carbocycles. The molecule has 0 spiro atoms. The van der Waals surface area contributed by atoms with Crippen LogP contribution in [0.5, 0.6) is 11.5 Å². The molecule has 496 valence electrons. The number of carbonyl (C=O) groups is 6. The third kappa shape index (κ3) is 35.8. The number of ether oxygens (including phenoxy) is 7. The third-order valence-corrected chi connectivity index (χ3v) is 15.9. The third-order valence-electron chi connectivity index (χ3n) is 14.3. The summed E-state index contributed by atoms with van der Waals surface area (Å²) in [4.78, 5) is 87.2. The van der Waals surface area contributed by atoms with Gasteiger partial charge in [-0.2, -0.15) is 0 Å². The highest BCUT2D eigenvalue weighted by molar-refractivity contribution is 7.47. The van der Waals surface area contributed by atoms with Gasteiger partial charge in [-0.25, -0.2) is 14.2 Å². The Morgan fingerprint density at radius 3 is 1.40 bits per heavy atom. The lowest BCUT2D eigenvalue weighted by atomic mass is 9.93. The van der Waals surface area contributed by atoms with E-state index in [0.717, 1.165) is 77.0 Å². The molecule has 0 heterocycles. The Bertz CT molecular complexity index is 2420. The van der Waals surface area contributed by atoms with Gasteiger partial charge in [0.25, 0.3) is 0 Å². The average molecular weight is 1300 g/mol. The molecule has 0 aromatic heterocycles. The minimum atomic E-state index is -4.76. The van der Waals surface area contributed by atoms with E-state index in [0.29, 0.717) is 29.5 Å². The number of carbonyl (C=O) groups excluding carboxylic acids is 6. The molecule has 88 heavy (non-hydrogen) atoms. The van der Waals surface area contributed by atoms with Crippen molar-refractivity contribution < 1.29 is 80.4 Å². The van der Waals surface area contributed by atoms with Crippen molar-refractivity contribution in [3.05, 3.63) is 86.9 Å². The number of halogens is 2. The van der Waals surface area contributed by atoms with Crippen LogP contribution in [0.15, 0.2) is 54.6 Å². The second kappa shape index (κ2) is 49.5. The standard InChI is InChI=1S/C67H102Cl2NO17P/c1-7-9-11-13-15-17-19-21-23-25-27-29-31-33-35-39-61(72)84-50-54(87-63(74)40-36-34-32-30-28-26-24-22-20-18-16-14-12-10-8-2)51-86-88(77,78)85-45-43-70-60(71)41-42-62(73)83-44-37-38-55(52-46-56(66(75)81-5)64(79-3)58(68)48-52)53-47-57(67(76)82-6)65(80-4)59(69)49-53/h21-24,38,46-49,54H,7-20,25-37,39-45,50-51H2,1-6H3,(H,70,71)(H,77,78)/b23-21-,24-22-. The summed E-state index contributed by atoms with van der Waals surface area (Å²) >= 11 is 13.1. The van der Waals surface area contributed by atoms with Crippen molar-refractivity contribution in [3.63, 3.8) is 0 Å². The van der Waals surface area contributed by atoms with Gasteiger partial charge < -0.3 is 43.4 Å². The zero-order chi connectivity index (χ0) is 64.6. The molecule has 0 aliphatic heterocycles. The van der Waals surface area contributed by atoms with Gasteiger partial charge in [-0.05, 0) is 105 Å². The molecule has 2 N–H and O–H groups in total. The first-order chi connectivity index (χ1) is 42.5. The highest BCUT2D eigenvalue weighted by Gasteiger charge is 2.27. The van der Waals surface area contributed by atoms with Gasteiger partial charge in [0.15, 0.2) is 17.6 Å². The summed E-state index contributed by atoms with van der Waals surface area (Å²) in [5.74, 6) is -3.62. The SMILES string of the molecule is CCCCCCCC/C=C\CCCCCCCC(=O)OCC(COP(=O)(O)OCCNC(=O)CCC(=O)OCCC=C(c1cc(Cl)c(OC)c(C(=O)OC)c1)c1cc(Cl)c(OC)c(C(=O)OC)c1)OC(=O)CCCCCCC/C=C\CCCCCCCC. The molecule has 0 aliphatic carbocycles. The number of benzene rings is 2. The summed E-state index contributed by atoms with van der Waals surface area (Å²) in [6.45, 7) is 2.65. The molecule has 0 bridgehead atoms. The predicted octanol–water partition coefficient (Wildman–Crippen LogP) is 16.5. The summed E-state index contributed by atoms with van der Waals surface area (Å²) in [6, 6.07) is 6.04. The number of allylic oxidation sites excluding steroid dienone is 4. The minimum Gasteiger partial charge on any atom is -0.494 e. The minimum absolute atomic E-state index is 0.0126. The summed E-state index contributed by atoms with van der Waals surface area (Å²) in [5.41, 5.74) is 1.22. The molecule has 2 atom stereocenters. The van der Waals surface area contributed by atoms with Gasteiger partial charge in [-0.15, -0.1) is 0 Å². The van der Waals surface area contributed by atoms with Crippen molar-refractivity contribution in [3.8, 4) is 11.5 Å². The number of nitrogens with one attached hydrogen (secondary N) is 1. The number of phosphoric acid groups is 1. The maximum Gasteiger partial charge on any atom is 0.472 e. The van der Waals surface area contributed by atoms with Gasteiger partial charge in [0.1, 0.15) is 17.7 Å². The molecular weight excluding hydrogens is 1190 g/mol. The zero-order valence-corrected chi connectivity index (χ0v) is 55.8. The molecule has 0 radical (unpaired) electrons. The predicted molar refractivity (Wildman–Crippen MR) is 345 cm³/mol. The van der Waals surface area contributed by atoms with E-state index in [4.69, 9.17) is 65.4 Å². The maximum absolute atomic E-state index is 13.0. The first kappa shape index (κ1) is 78.9. The normalized spacial score (nSPS) is 12.3. The zero-order valence-electron chi connectivity index (χ0n) is 53.4. The number of methoxy groups -OCH3 is 4. The molecule has 2 aromatic carbocycles. The number of hydrogen-bond acceptors (Lipinski definition) is 16. The van der Waals surface area contributed by atoms with Gasteiger partial charge in [0, 0.05) is 32.2 Å². The molecule has 2 aromatic rings. The van der Waals surface area contributed by atoms with E-state index in [1.165, 1.54) is 130 Å². The maximum atomic E-state index is 13.0. The van der Waals surface area contributed by atoms with Crippen molar-refractivity contribution in [2.45, 2.75) is 219 Å². The van der Waals surface area contributed by atoms with E-state index >= 15 is 0 Å².